The lowest BCUT2D eigenvalue weighted by atomic mass is 9.99. The summed E-state index contributed by atoms with van der Waals surface area (Å²) in [6.07, 6.45) is 1.48. The maximum absolute atomic E-state index is 12.3. The zero-order valence-corrected chi connectivity index (χ0v) is 15.4. The summed E-state index contributed by atoms with van der Waals surface area (Å²) in [5, 5.41) is 16.4. The molecule has 0 aromatic carbocycles. The van der Waals surface area contributed by atoms with Gasteiger partial charge in [-0.2, -0.15) is 10.4 Å². The highest BCUT2D eigenvalue weighted by Crippen LogP contribution is 2.17. The summed E-state index contributed by atoms with van der Waals surface area (Å²) >= 11 is 0. The van der Waals surface area contributed by atoms with Crippen LogP contribution in [-0.2, 0) is 24.4 Å². The van der Waals surface area contributed by atoms with E-state index in [-0.39, 0.29) is 23.8 Å². The Morgan fingerprint density at radius 1 is 1.27 bits per heavy atom. The van der Waals surface area contributed by atoms with Gasteiger partial charge in [-0.15, -0.1) is 0 Å². The third-order valence-corrected chi connectivity index (χ3v) is 5.04. The zero-order chi connectivity index (χ0) is 18.7. The summed E-state index contributed by atoms with van der Waals surface area (Å²) in [5.41, 5.74) is 1.81. The minimum Gasteiger partial charge on any atom is -0.335 e. The van der Waals surface area contributed by atoms with Crippen molar-refractivity contribution in [2.45, 2.75) is 46.3 Å². The third-order valence-electron chi connectivity index (χ3n) is 5.04. The number of rotatable bonds is 3. The molecule has 2 aliphatic heterocycles. The quantitative estimate of drug-likeness (QED) is 0.882. The number of carbonyl (C=O) groups is 2. The van der Waals surface area contributed by atoms with Crippen molar-refractivity contribution in [2.75, 3.05) is 19.6 Å². The molecule has 3 heterocycles. The second-order valence-electron chi connectivity index (χ2n) is 7.31. The molecule has 26 heavy (non-hydrogen) atoms. The molecule has 2 aliphatic rings. The van der Waals surface area contributed by atoms with E-state index in [1.54, 1.807) is 4.90 Å². The molecule has 1 aromatic heterocycles. The van der Waals surface area contributed by atoms with Crippen molar-refractivity contribution in [3.63, 3.8) is 0 Å². The lowest BCUT2D eigenvalue weighted by molar-refractivity contribution is -0.136. The molecule has 0 saturated carbocycles. The van der Waals surface area contributed by atoms with Gasteiger partial charge in [-0.25, -0.2) is 4.79 Å². The number of nitrogens with zero attached hydrogens (tertiary/aromatic N) is 5. The van der Waals surface area contributed by atoms with Crippen LogP contribution in [0.4, 0.5) is 4.79 Å². The van der Waals surface area contributed by atoms with Crippen molar-refractivity contribution in [1.82, 2.24) is 24.9 Å². The molecule has 1 fully saturated rings. The van der Waals surface area contributed by atoms with Crippen LogP contribution < -0.4 is 5.32 Å². The molecule has 1 saturated heterocycles. The first kappa shape index (κ1) is 18.2. The van der Waals surface area contributed by atoms with E-state index in [1.807, 2.05) is 29.5 Å². The van der Waals surface area contributed by atoms with Gasteiger partial charge >= 0.3 is 6.03 Å². The molecule has 0 spiro atoms. The van der Waals surface area contributed by atoms with Crippen LogP contribution in [0.2, 0.25) is 0 Å². The first-order chi connectivity index (χ1) is 12.5. The van der Waals surface area contributed by atoms with E-state index in [0.29, 0.717) is 39.3 Å². The number of aromatic nitrogens is 2. The molecule has 1 aromatic rings. The van der Waals surface area contributed by atoms with Crippen molar-refractivity contribution < 1.29 is 9.59 Å². The van der Waals surface area contributed by atoms with Crippen LogP contribution in [0.25, 0.3) is 0 Å². The van der Waals surface area contributed by atoms with E-state index in [4.69, 9.17) is 5.26 Å². The van der Waals surface area contributed by atoms with Crippen LogP contribution >= 0.6 is 0 Å². The van der Waals surface area contributed by atoms with Gasteiger partial charge in [0.05, 0.1) is 37.1 Å². The second-order valence-corrected chi connectivity index (χ2v) is 7.31. The number of hydrogen-bond acceptors (Lipinski definition) is 4. The fourth-order valence-electron chi connectivity index (χ4n) is 3.46. The van der Waals surface area contributed by atoms with E-state index in [1.165, 1.54) is 0 Å². The van der Waals surface area contributed by atoms with Gasteiger partial charge in [0.25, 0.3) is 0 Å². The van der Waals surface area contributed by atoms with Gasteiger partial charge in [-0.1, -0.05) is 13.8 Å². The Morgan fingerprint density at radius 2 is 2.00 bits per heavy atom. The molecule has 1 N–H and O–H groups in total. The van der Waals surface area contributed by atoms with E-state index < -0.39 is 0 Å². The molecule has 3 amide bonds. The topological polar surface area (TPSA) is 94.3 Å². The zero-order valence-electron chi connectivity index (χ0n) is 15.4. The minimum atomic E-state index is -0.107. The Kier molecular flexibility index (Phi) is 5.45. The van der Waals surface area contributed by atoms with Gasteiger partial charge in [0.2, 0.25) is 5.91 Å². The lowest BCUT2D eigenvalue weighted by Crippen LogP contribution is -2.44. The first-order valence-electron chi connectivity index (χ1n) is 9.24. The normalized spacial score (nSPS) is 17.8. The van der Waals surface area contributed by atoms with Gasteiger partial charge < -0.3 is 15.1 Å². The monoisotopic (exact) mass is 358 g/mol. The fourth-order valence-corrected chi connectivity index (χ4v) is 3.46. The van der Waals surface area contributed by atoms with Crippen molar-refractivity contribution in [3.05, 3.63) is 17.5 Å². The Balaban J connectivity index is 1.52. The van der Waals surface area contributed by atoms with Gasteiger partial charge in [-0.3, -0.25) is 9.48 Å². The molecule has 0 unspecified atom stereocenters. The number of fused-ring (bicyclic) bond motifs is 1. The Hall–Kier alpha value is -2.56. The molecule has 8 nitrogen and oxygen atoms in total. The fraction of sp³-hybridized carbons (Fsp3) is 0.667. The number of amides is 3. The van der Waals surface area contributed by atoms with Crippen LogP contribution in [0.15, 0.2) is 6.07 Å². The maximum Gasteiger partial charge on any atom is 0.317 e. The molecular formula is C18H26N6O2. The average Bonchev–Trinajstić information content (AvgIpc) is 3.07. The van der Waals surface area contributed by atoms with Gasteiger partial charge in [0.15, 0.2) is 0 Å². The second kappa shape index (κ2) is 7.77. The van der Waals surface area contributed by atoms with Crippen molar-refractivity contribution >= 4 is 11.9 Å². The van der Waals surface area contributed by atoms with Crippen LogP contribution in [0.3, 0.4) is 0 Å². The van der Waals surface area contributed by atoms with Gasteiger partial charge in [0.1, 0.15) is 0 Å². The van der Waals surface area contributed by atoms with Crippen molar-refractivity contribution in [3.8, 4) is 6.07 Å². The van der Waals surface area contributed by atoms with Crippen LogP contribution in [0.1, 0.15) is 38.1 Å². The Morgan fingerprint density at radius 3 is 2.65 bits per heavy atom. The number of likely N-dealkylation sites (tertiary alicyclic amines) is 1. The van der Waals surface area contributed by atoms with E-state index in [2.05, 4.69) is 16.5 Å². The number of nitrogens with one attached hydrogen (secondary N) is 1. The number of piperidine rings is 1. The van der Waals surface area contributed by atoms with E-state index in [0.717, 1.165) is 24.2 Å². The van der Waals surface area contributed by atoms with Crippen LogP contribution in [-0.4, -0.2) is 51.2 Å². The Labute approximate surface area is 153 Å². The first-order valence-corrected chi connectivity index (χ1v) is 9.24. The Bertz CT molecular complexity index is 712. The number of hydrogen-bond donors (Lipinski definition) is 1. The standard InChI is InChI=1S/C18H26N6O2/c1-13(2)17(25)23-7-8-24-16(12-23)9-15(21-24)11-20-18(26)22-5-3-14(10-19)4-6-22/h9,13-14H,3-8,11-12H2,1-2H3,(H,20,26). The third kappa shape index (κ3) is 3.98. The molecule has 140 valence electrons. The summed E-state index contributed by atoms with van der Waals surface area (Å²) < 4.78 is 1.92. The molecule has 0 radical (unpaired) electrons. The van der Waals surface area contributed by atoms with Crippen LogP contribution in [0.5, 0.6) is 0 Å². The predicted molar refractivity (Wildman–Crippen MR) is 94.6 cm³/mol. The van der Waals surface area contributed by atoms with E-state index in [9.17, 15) is 9.59 Å². The highest BCUT2D eigenvalue weighted by atomic mass is 16.2. The lowest BCUT2D eigenvalue weighted by Gasteiger charge is -2.29. The summed E-state index contributed by atoms with van der Waals surface area (Å²) in [6, 6.07) is 4.12. The number of nitriles is 1. The largest absolute Gasteiger partial charge is 0.335 e. The molecule has 8 heteroatoms. The maximum atomic E-state index is 12.3. The highest BCUT2D eigenvalue weighted by Gasteiger charge is 2.25. The van der Waals surface area contributed by atoms with Crippen molar-refractivity contribution in [1.29, 1.82) is 5.26 Å². The number of urea groups is 1. The average molecular weight is 358 g/mol. The predicted octanol–water partition coefficient (Wildman–Crippen LogP) is 1.33. The van der Waals surface area contributed by atoms with Gasteiger partial charge in [-0.05, 0) is 18.9 Å². The summed E-state index contributed by atoms with van der Waals surface area (Å²) in [4.78, 5) is 28.1. The smallest absolute Gasteiger partial charge is 0.317 e. The minimum absolute atomic E-state index is 0.00611. The molecule has 3 rings (SSSR count). The molecule has 0 atom stereocenters. The molecule has 0 aliphatic carbocycles. The van der Waals surface area contributed by atoms with E-state index >= 15 is 0 Å². The molecular weight excluding hydrogens is 332 g/mol. The number of carbonyl (C=O) groups excluding carboxylic acids is 2. The van der Waals surface area contributed by atoms with Crippen molar-refractivity contribution in [2.24, 2.45) is 11.8 Å². The summed E-state index contributed by atoms with van der Waals surface area (Å²) in [5.74, 6) is 0.219. The SMILES string of the molecule is CC(C)C(=O)N1CCn2nc(CNC(=O)N3CCC(C#N)CC3)cc2C1. The highest BCUT2D eigenvalue weighted by molar-refractivity contribution is 5.78. The van der Waals surface area contributed by atoms with Crippen LogP contribution in [0, 0.1) is 23.2 Å². The summed E-state index contributed by atoms with van der Waals surface area (Å²) in [6.45, 7) is 7.36. The molecule has 0 bridgehead atoms. The van der Waals surface area contributed by atoms with Gasteiger partial charge in [0, 0.05) is 31.5 Å². The summed E-state index contributed by atoms with van der Waals surface area (Å²) in [7, 11) is 0.